The zero-order chi connectivity index (χ0) is 16.9. The maximum absolute atomic E-state index is 11.1. The number of hydrogen-bond acceptors (Lipinski definition) is 4. The van der Waals surface area contributed by atoms with Crippen molar-refractivity contribution in [2.45, 2.75) is 12.5 Å². The Labute approximate surface area is 126 Å². The number of rotatable bonds is 6. The second kappa shape index (κ2) is 7.25. The molecule has 0 saturated carbocycles. The van der Waals surface area contributed by atoms with Crippen LogP contribution in [0.4, 0.5) is 15.3 Å². The van der Waals surface area contributed by atoms with Gasteiger partial charge < -0.3 is 20.0 Å². The Hall–Kier alpha value is -2.84. The third-order valence-electron chi connectivity index (χ3n) is 3.28. The van der Waals surface area contributed by atoms with E-state index in [9.17, 15) is 19.7 Å². The summed E-state index contributed by atoms with van der Waals surface area (Å²) in [6.45, 7) is -0.00484. The quantitative estimate of drug-likeness (QED) is 0.609. The number of carbonyl (C=O) groups is 2. The molecule has 0 aliphatic heterocycles. The second-order valence-corrected chi connectivity index (χ2v) is 4.84. The normalized spacial score (nSPS) is 11.5. The number of nitro benzene ring substituents is 1. The molecule has 1 rings (SSSR count). The molecular formula is C13H17N3O6. The molecule has 0 heterocycles. The van der Waals surface area contributed by atoms with Crippen molar-refractivity contribution >= 4 is 17.9 Å². The molecule has 9 nitrogen and oxygen atoms in total. The first kappa shape index (κ1) is 17.2. The van der Waals surface area contributed by atoms with E-state index in [0.717, 1.165) is 9.80 Å². The van der Waals surface area contributed by atoms with E-state index in [2.05, 4.69) is 0 Å². The summed E-state index contributed by atoms with van der Waals surface area (Å²) in [5, 5.41) is 28.6. The average Bonchev–Trinajstić information content (AvgIpc) is 2.45. The Morgan fingerprint density at radius 3 is 2.14 bits per heavy atom. The van der Waals surface area contributed by atoms with Gasteiger partial charge in [0.25, 0.3) is 5.69 Å². The Morgan fingerprint density at radius 2 is 1.73 bits per heavy atom. The monoisotopic (exact) mass is 311 g/mol. The molecule has 0 bridgehead atoms. The third kappa shape index (κ3) is 4.62. The molecule has 2 N–H and O–H groups in total. The molecule has 0 aromatic heterocycles. The predicted molar refractivity (Wildman–Crippen MR) is 77.0 cm³/mol. The molecular weight excluding hydrogens is 294 g/mol. The second-order valence-electron chi connectivity index (χ2n) is 4.84. The van der Waals surface area contributed by atoms with Crippen molar-refractivity contribution in [1.82, 2.24) is 9.80 Å². The van der Waals surface area contributed by atoms with Crippen LogP contribution >= 0.6 is 0 Å². The molecule has 0 saturated heterocycles. The van der Waals surface area contributed by atoms with Gasteiger partial charge in [0.05, 0.1) is 11.0 Å². The lowest BCUT2D eigenvalue weighted by Gasteiger charge is -2.28. The Kier molecular flexibility index (Phi) is 5.67. The standard InChI is InChI=1S/C13H17N3O6/c1-14(12(17)18)8-11(15(2)13(19)20)7-9-3-5-10(6-4-9)16(21)22/h3-6,11H,7-8H2,1-2H3,(H,17,18)(H,19,20). The number of nitro groups is 1. The molecule has 22 heavy (non-hydrogen) atoms. The van der Waals surface area contributed by atoms with Gasteiger partial charge in [-0.2, -0.15) is 0 Å². The Morgan fingerprint density at radius 1 is 1.18 bits per heavy atom. The van der Waals surface area contributed by atoms with Crippen LogP contribution in [0.1, 0.15) is 5.56 Å². The van der Waals surface area contributed by atoms with Crippen LogP contribution in [-0.4, -0.2) is 63.8 Å². The number of carboxylic acid groups (broad SMARTS) is 2. The third-order valence-corrected chi connectivity index (χ3v) is 3.28. The van der Waals surface area contributed by atoms with Crippen LogP contribution in [0.5, 0.6) is 0 Å². The van der Waals surface area contributed by atoms with E-state index in [-0.39, 0.29) is 18.7 Å². The number of nitrogens with zero attached hydrogens (tertiary/aromatic N) is 3. The molecule has 0 aliphatic rings. The summed E-state index contributed by atoms with van der Waals surface area (Å²) in [6, 6.07) is 5.12. The van der Waals surface area contributed by atoms with Crippen LogP contribution in [0.25, 0.3) is 0 Å². The molecule has 1 unspecified atom stereocenters. The van der Waals surface area contributed by atoms with Crippen molar-refractivity contribution in [1.29, 1.82) is 0 Å². The summed E-state index contributed by atoms with van der Waals surface area (Å²) in [4.78, 5) is 34.1. The first-order chi connectivity index (χ1) is 10.2. The van der Waals surface area contributed by atoms with Gasteiger partial charge in [-0.3, -0.25) is 10.1 Å². The highest BCUT2D eigenvalue weighted by atomic mass is 16.6. The van der Waals surface area contributed by atoms with Crippen molar-refractivity contribution < 1.29 is 24.7 Å². The summed E-state index contributed by atoms with van der Waals surface area (Å²) < 4.78 is 0. The highest BCUT2D eigenvalue weighted by molar-refractivity contribution is 5.66. The molecule has 2 amide bonds. The maximum atomic E-state index is 11.1. The smallest absolute Gasteiger partial charge is 0.407 e. The van der Waals surface area contributed by atoms with E-state index in [0.29, 0.717) is 5.56 Å². The largest absolute Gasteiger partial charge is 0.465 e. The van der Waals surface area contributed by atoms with Crippen LogP contribution in [0.15, 0.2) is 24.3 Å². The summed E-state index contributed by atoms with van der Waals surface area (Å²) in [5.74, 6) is 0. The molecule has 0 aliphatic carbocycles. The highest BCUT2D eigenvalue weighted by Gasteiger charge is 2.23. The summed E-state index contributed by atoms with van der Waals surface area (Å²) in [5.41, 5.74) is 0.622. The van der Waals surface area contributed by atoms with Gasteiger partial charge in [-0.25, -0.2) is 9.59 Å². The SMILES string of the molecule is CN(CC(Cc1ccc([N+](=O)[O-])cc1)N(C)C(=O)O)C(=O)O. The first-order valence-corrected chi connectivity index (χ1v) is 6.35. The molecule has 9 heteroatoms. The minimum Gasteiger partial charge on any atom is -0.465 e. The lowest BCUT2D eigenvalue weighted by Crippen LogP contribution is -2.45. The molecule has 1 aromatic rings. The number of non-ortho nitro benzene ring substituents is 1. The highest BCUT2D eigenvalue weighted by Crippen LogP contribution is 2.15. The van der Waals surface area contributed by atoms with Crippen LogP contribution in [0.2, 0.25) is 0 Å². The van der Waals surface area contributed by atoms with Crippen molar-refractivity contribution in [2.75, 3.05) is 20.6 Å². The van der Waals surface area contributed by atoms with Crippen LogP contribution in [0.3, 0.4) is 0 Å². The molecule has 1 atom stereocenters. The number of benzene rings is 1. The number of likely N-dealkylation sites (N-methyl/N-ethyl adjacent to an activating group) is 2. The average molecular weight is 311 g/mol. The molecule has 0 radical (unpaired) electrons. The molecule has 1 aromatic carbocycles. The maximum Gasteiger partial charge on any atom is 0.407 e. The van der Waals surface area contributed by atoms with Gasteiger partial charge >= 0.3 is 12.2 Å². The fraction of sp³-hybridized carbons (Fsp3) is 0.385. The minimum atomic E-state index is -1.18. The van der Waals surface area contributed by atoms with Crippen molar-refractivity contribution in [3.63, 3.8) is 0 Å². The van der Waals surface area contributed by atoms with Crippen molar-refractivity contribution in [3.8, 4) is 0 Å². The molecule has 0 spiro atoms. The Bertz CT molecular complexity index is 559. The van der Waals surface area contributed by atoms with Crippen LogP contribution < -0.4 is 0 Å². The van der Waals surface area contributed by atoms with E-state index >= 15 is 0 Å². The lowest BCUT2D eigenvalue weighted by molar-refractivity contribution is -0.384. The molecule has 120 valence electrons. The number of hydrogen-bond donors (Lipinski definition) is 2. The molecule has 0 fully saturated rings. The zero-order valence-corrected chi connectivity index (χ0v) is 12.2. The summed E-state index contributed by atoms with van der Waals surface area (Å²) in [6.07, 6.45) is -2.09. The lowest BCUT2D eigenvalue weighted by atomic mass is 10.0. The van der Waals surface area contributed by atoms with Gasteiger partial charge in [-0.1, -0.05) is 12.1 Å². The fourth-order valence-electron chi connectivity index (χ4n) is 1.90. The Balaban J connectivity index is 2.89. The van der Waals surface area contributed by atoms with E-state index in [1.807, 2.05) is 0 Å². The zero-order valence-electron chi connectivity index (χ0n) is 12.2. The fourth-order valence-corrected chi connectivity index (χ4v) is 1.90. The van der Waals surface area contributed by atoms with E-state index in [1.165, 1.54) is 38.4 Å². The predicted octanol–water partition coefficient (Wildman–Crippen LogP) is 1.73. The van der Waals surface area contributed by atoms with E-state index in [1.54, 1.807) is 0 Å². The van der Waals surface area contributed by atoms with Crippen LogP contribution in [-0.2, 0) is 6.42 Å². The summed E-state index contributed by atoms with van der Waals surface area (Å²) in [7, 11) is 2.70. The van der Waals surface area contributed by atoms with Crippen LogP contribution in [0, 0.1) is 10.1 Å². The topological polar surface area (TPSA) is 124 Å². The van der Waals surface area contributed by atoms with Gasteiger partial charge in [-0.05, 0) is 12.0 Å². The van der Waals surface area contributed by atoms with Gasteiger partial charge in [0.1, 0.15) is 0 Å². The van der Waals surface area contributed by atoms with Crippen molar-refractivity contribution in [3.05, 3.63) is 39.9 Å². The van der Waals surface area contributed by atoms with Crippen molar-refractivity contribution in [2.24, 2.45) is 0 Å². The van der Waals surface area contributed by atoms with Gasteiger partial charge in [0.15, 0.2) is 0 Å². The van der Waals surface area contributed by atoms with Gasteiger partial charge in [-0.15, -0.1) is 0 Å². The van der Waals surface area contributed by atoms with E-state index in [4.69, 9.17) is 10.2 Å². The van der Waals surface area contributed by atoms with Gasteiger partial charge in [0, 0.05) is 32.8 Å². The summed E-state index contributed by atoms with van der Waals surface area (Å²) >= 11 is 0. The van der Waals surface area contributed by atoms with E-state index < -0.39 is 23.2 Å². The minimum absolute atomic E-state index is 0.00484. The number of amides is 2. The van der Waals surface area contributed by atoms with Gasteiger partial charge in [0.2, 0.25) is 0 Å². The first-order valence-electron chi connectivity index (χ1n) is 6.35.